The summed E-state index contributed by atoms with van der Waals surface area (Å²) >= 11 is 0. The molecule has 0 radical (unpaired) electrons. The minimum Gasteiger partial charge on any atom is -0.380 e. The van der Waals surface area contributed by atoms with Crippen molar-refractivity contribution < 1.29 is 4.74 Å². The van der Waals surface area contributed by atoms with Crippen molar-refractivity contribution in [1.82, 2.24) is 5.32 Å². The highest BCUT2D eigenvalue weighted by Crippen LogP contribution is 2.04. The number of nitrogens with zero attached hydrogens (tertiary/aromatic N) is 1. The van der Waals surface area contributed by atoms with E-state index in [2.05, 4.69) is 18.3 Å². The SMILES string of the molecule is CCOCC(C)NCc1cccc(C#N)c1. The number of ether oxygens (including phenoxy) is 1. The van der Waals surface area contributed by atoms with Crippen LogP contribution in [0.2, 0.25) is 0 Å². The fourth-order valence-corrected chi connectivity index (χ4v) is 1.40. The maximum atomic E-state index is 8.77. The van der Waals surface area contributed by atoms with Crippen LogP contribution in [0.4, 0.5) is 0 Å². The van der Waals surface area contributed by atoms with Gasteiger partial charge in [-0.3, -0.25) is 0 Å². The van der Waals surface area contributed by atoms with Gasteiger partial charge in [0.2, 0.25) is 0 Å². The van der Waals surface area contributed by atoms with Crippen molar-refractivity contribution in [3.63, 3.8) is 0 Å². The lowest BCUT2D eigenvalue weighted by molar-refractivity contribution is 0.127. The molecule has 1 aromatic rings. The van der Waals surface area contributed by atoms with Crippen molar-refractivity contribution >= 4 is 0 Å². The summed E-state index contributed by atoms with van der Waals surface area (Å²) in [6.45, 7) is 6.31. The van der Waals surface area contributed by atoms with Gasteiger partial charge in [0.05, 0.1) is 18.2 Å². The Morgan fingerprint density at radius 3 is 3.00 bits per heavy atom. The Hall–Kier alpha value is -1.37. The van der Waals surface area contributed by atoms with E-state index in [0.29, 0.717) is 18.2 Å². The molecule has 0 aromatic heterocycles. The molecule has 0 bridgehead atoms. The van der Waals surface area contributed by atoms with Crippen molar-refractivity contribution in [3.05, 3.63) is 35.4 Å². The highest BCUT2D eigenvalue weighted by Gasteiger charge is 2.01. The van der Waals surface area contributed by atoms with E-state index in [1.54, 1.807) is 0 Å². The lowest BCUT2D eigenvalue weighted by Crippen LogP contribution is -2.30. The first-order valence-corrected chi connectivity index (χ1v) is 5.56. The molecule has 0 spiro atoms. The Morgan fingerprint density at radius 1 is 1.50 bits per heavy atom. The van der Waals surface area contributed by atoms with Crippen LogP contribution in [0.25, 0.3) is 0 Å². The van der Waals surface area contributed by atoms with Gasteiger partial charge < -0.3 is 10.1 Å². The van der Waals surface area contributed by atoms with E-state index in [4.69, 9.17) is 10.00 Å². The van der Waals surface area contributed by atoms with Crippen molar-refractivity contribution in [2.75, 3.05) is 13.2 Å². The second-order valence-electron chi connectivity index (χ2n) is 3.75. The topological polar surface area (TPSA) is 45.0 Å². The van der Waals surface area contributed by atoms with Gasteiger partial charge in [-0.15, -0.1) is 0 Å². The average molecular weight is 218 g/mol. The third kappa shape index (κ3) is 4.43. The number of hydrogen-bond donors (Lipinski definition) is 1. The minimum absolute atomic E-state index is 0.325. The van der Waals surface area contributed by atoms with E-state index in [0.717, 1.165) is 18.7 Å². The summed E-state index contributed by atoms with van der Waals surface area (Å²) in [6, 6.07) is 10.1. The van der Waals surface area contributed by atoms with Gasteiger partial charge in [-0.1, -0.05) is 12.1 Å². The summed E-state index contributed by atoms with van der Waals surface area (Å²) in [5, 5.41) is 12.1. The highest BCUT2D eigenvalue weighted by molar-refractivity contribution is 5.32. The smallest absolute Gasteiger partial charge is 0.0991 e. The number of rotatable bonds is 6. The Labute approximate surface area is 97.0 Å². The quantitative estimate of drug-likeness (QED) is 0.795. The zero-order chi connectivity index (χ0) is 11.8. The molecule has 0 amide bonds. The Morgan fingerprint density at radius 2 is 2.31 bits per heavy atom. The lowest BCUT2D eigenvalue weighted by atomic mass is 10.1. The molecule has 0 heterocycles. The van der Waals surface area contributed by atoms with Gasteiger partial charge in [0.1, 0.15) is 0 Å². The van der Waals surface area contributed by atoms with Crippen LogP contribution in [0.1, 0.15) is 25.0 Å². The zero-order valence-electron chi connectivity index (χ0n) is 9.86. The summed E-state index contributed by atoms with van der Waals surface area (Å²) < 4.78 is 5.31. The first kappa shape index (κ1) is 12.7. The lowest BCUT2D eigenvalue weighted by Gasteiger charge is -2.13. The van der Waals surface area contributed by atoms with E-state index in [9.17, 15) is 0 Å². The molecule has 1 rings (SSSR count). The van der Waals surface area contributed by atoms with Gasteiger partial charge >= 0.3 is 0 Å². The number of nitrogens with one attached hydrogen (secondary N) is 1. The maximum absolute atomic E-state index is 8.77. The van der Waals surface area contributed by atoms with Crippen LogP contribution < -0.4 is 5.32 Å². The van der Waals surface area contributed by atoms with Crippen LogP contribution in [0.15, 0.2) is 24.3 Å². The van der Waals surface area contributed by atoms with Gasteiger partial charge in [0.15, 0.2) is 0 Å². The molecule has 1 unspecified atom stereocenters. The van der Waals surface area contributed by atoms with E-state index in [1.807, 2.05) is 31.2 Å². The third-order valence-corrected chi connectivity index (χ3v) is 2.28. The van der Waals surface area contributed by atoms with Gasteiger partial charge in [0, 0.05) is 19.2 Å². The van der Waals surface area contributed by atoms with Gasteiger partial charge in [0.25, 0.3) is 0 Å². The summed E-state index contributed by atoms with van der Waals surface area (Å²) in [6.07, 6.45) is 0. The molecule has 3 nitrogen and oxygen atoms in total. The van der Waals surface area contributed by atoms with Gasteiger partial charge in [-0.2, -0.15) is 5.26 Å². The predicted molar refractivity (Wildman–Crippen MR) is 64.0 cm³/mol. The molecule has 0 saturated carbocycles. The van der Waals surface area contributed by atoms with Gasteiger partial charge in [-0.05, 0) is 31.5 Å². The Bertz CT molecular complexity index is 357. The first-order chi connectivity index (χ1) is 7.76. The summed E-state index contributed by atoms with van der Waals surface area (Å²) in [5.74, 6) is 0. The first-order valence-electron chi connectivity index (χ1n) is 5.56. The molecule has 86 valence electrons. The van der Waals surface area contributed by atoms with Crippen LogP contribution in [-0.4, -0.2) is 19.3 Å². The van der Waals surface area contributed by atoms with Crippen LogP contribution in [-0.2, 0) is 11.3 Å². The van der Waals surface area contributed by atoms with Crippen LogP contribution in [0, 0.1) is 11.3 Å². The van der Waals surface area contributed by atoms with Crippen LogP contribution >= 0.6 is 0 Å². The molecular formula is C13H18N2O. The van der Waals surface area contributed by atoms with Crippen LogP contribution in [0.5, 0.6) is 0 Å². The standard InChI is InChI=1S/C13H18N2O/c1-3-16-10-11(2)15-9-13-6-4-5-12(7-13)8-14/h4-7,11,15H,3,9-10H2,1-2H3. The fourth-order valence-electron chi connectivity index (χ4n) is 1.40. The van der Waals surface area contributed by atoms with Crippen molar-refractivity contribution in [1.29, 1.82) is 5.26 Å². The second-order valence-corrected chi connectivity index (χ2v) is 3.75. The third-order valence-electron chi connectivity index (χ3n) is 2.28. The average Bonchev–Trinajstić information content (AvgIpc) is 2.34. The van der Waals surface area contributed by atoms with Crippen molar-refractivity contribution in [3.8, 4) is 6.07 Å². The fraction of sp³-hybridized carbons (Fsp3) is 0.462. The van der Waals surface area contributed by atoms with E-state index < -0.39 is 0 Å². The molecule has 0 aliphatic carbocycles. The van der Waals surface area contributed by atoms with Crippen molar-refractivity contribution in [2.24, 2.45) is 0 Å². The molecule has 0 aliphatic heterocycles. The summed E-state index contributed by atoms with van der Waals surface area (Å²) in [7, 11) is 0. The zero-order valence-corrected chi connectivity index (χ0v) is 9.86. The molecule has 0 aliphatic rings. The molecular weight excluding hydrogens is 200 g/mol. The predicted octanol–water partition coefficient (Wildman–Crippen LogP) is 2.07. The Kier molecular flexibility index (Phi) is 5.55. The molecule has 3 heteroatoms. The summed E-state index contributed by atoms with van der Waals surface area (Å²) in [5.41, 5.74) is 1.83. The van der Waals surface area contributed by atoms with E-state index in [1.165, 1.54) is 0 Å². The largest absolute Gasteiger partial charge is 0.380 e. The minimum atomic E-state index is 0.325. The number of nitriles is 1. The Balaban J connectivity index is 2.39. The highest BCUT2D eigenvalue weighted by atomic mass is 16.5. The van der Waals surface area contributed by atoms with Crippen molar-refractivity contribution in [2.45, 2.75) is 26.4 Å². The molecule has 1 atom stereocenters. The van der Waals surface area contributed by atoms with Gasteiger partial charge in [-0.25, -0.2) is 0 Å². The molecule has 0 fully saturated rings. The molecule has 1 N–H and O–H groups in total. The summed E-state index contributed by atoms with van der Waals surface area (Å²) in [4.78, 5) is 0. The second kappa shape index (κ2) is 7.00. The molecule has 0 saturated heterocycles. The number of benzene rings is 1. The number of hydrogen-bond acceptors (Lipinski definition) is 3. The monoisotopic (exact) mass is 218 g/mol. The van der Waals surface area contributed by atoms with E-state index >= 15 is 0 Å². The normalized spacial score (nSPS) is 12.1. The van der Waals surface area contributed by atoms with E-state index in [-0.39, 0.29) is 0 Å². The van der Waals surface area contributed by atoms with Crippen LogP contribution in [0.3, 0.4) is 0 Å². The molecule has 1 aromatic carbocycles. The maximum Gasteiger partial charge on any atom is 0.0991 e. The molecule has 16 heavy (non-hydrogen) atoms.